The molecule has 0 aliphatic heterocycles. The van der Waals surface area contributed by atoms with E-state index in [1.807, 2.05) is 25.1 Å². The van der Waals surface area contributed by atoms with Gasteiger partial charge in [0, 0.05) is 18.1 Å². The van der Waals surface area contributed by atoms with Crippen molar-refractivity contribution in [2.24, 2.45) is 0 Å². The Balaban J connectivity index is 0.00000300. The van der Waals surface area contributed by atoms with Gasteiger partial charge in [-0.05, 0) is 62.5 Å². The van der Waals surface area contributed by atoms with Crippen LogP contribution in [0.2, 0.25) is 5.02 Å². The summed E-state index contributed by atoms with van der Waals surface area (Å²) in [6, 6.07) is 13.2. The monoisotopic (exact) mass is 453 g/mol. The van der Waals surface area contributed by atoms with E-state index in [1.54, 1.807) is 40.5 Å². The van der Waals surface area contributed by atoms with Gasteiger partial charge < -0.3 is 9.64 Å². The van der Waals surface area contributed by atoms with Crippen molar-refractivity contribution in [3.63, 3.8) is 0 Å². The molecular formula is C21H25Cl2N3O2S. The molecule has 1 amide bonds. The van der Waals surface area contributed by atoms with E-state index < -0.39 is 0 Å². The molecule has 0 saturated heterocycles. The second-order valence-corrected chi connectivity index (χ2v) is 8.19. The number of likely N-dealkylation sites (N-methyl/N-ethyl adjacent to an activating group) is 1. The Hall–Kier alpha value is -1.86. The molecule has 0 atom stereocenters. The van der Waals surface area contributed by atoms with Crippen molar-refractivity contribution in [2.75, 3.05) is 38.7 Å². The van der Waals surface area contributed by atoms with Crippen molar-refractivity contribution in [1.29, 1.82) is 0 Å². The average Bonchev–Trinajstić information content (AvgIpc) is 3.10. The van der Waals surface area contributed by atoms with E-state index >= 15 is 0 Å². The van der Waals surface area contributed by atoms with Crippen LogP contribution >= 0.6 is 35.3 Å². The van der Waals surface area contributed by atoms with Gasteiger partial charge in [0.1, 0.15) is 5.75 Å². The molecule has 0 N–H and O–H groups in total. The van der Waals surface area contributed by atoms with Crippen LogP contribution in [0, 0.1) is 0 Å². The van der Waals surface area contributed by atoms with Gasteiger partial charge in [-0.2, -0.15) is 0 Å². The lowest BCUT2D eigenvalue weighted by molar-refractivity contribution is -0.120. The van der Waals surface area contributed by atoms with E-state index in [-0.39, 0.29) is 24.9 Å². The van der Waals surface area contributed by atoms with Gasteiger partial charge in [0.15, 0.2) is 11.7 Å². The van der Waals surface area contributed by atoms with Gasteiger partial charge in [0.25, 0.3) is 5.91 Å². The number of halogens is 2. The molecular weight excluding hydrogens is 429 g/mol. The van der Waals surface area contributed by atoms with Crippen LogP contribution < -0.4 is 9.64 Å². The molecule has 1 aromatic heterocycles. The third-order valence-electron chi connectivity index (χ3n) is 4.33. The number of thiazole rings is 1. The van der Waals surface area contributed by atoms with Crippen LogP contribution in [0.4, 0.5) is 5.13 Å². The van der Waals surface area contributed by atoms with Crippen LogP contribution in [0.1, 0.15) is 12.5 Å². The molecule has 0 unspecified atom stereocenters. The molecule has 0 aliphatic carbocycles. The van der Waals surface area contributed by atoms with E-state index in [4.69, 9.17) is 16.3 Å². The number of hydrogen-bond acceptors (Lipinski definition) is 5. The first-order chi connectivity index (χ1) is 13.5. The summed E-state index contributed by atoms with van der Waals surface area (Å²) in [6.45, 7) is 3.37. The van der Waals surface area contributed by atoms with Crippen molar-refractivity contribution < 1.29 is 9.53 Å². The fourth-order valence-electron chi connectivity index (χ4n) is 2.67. The Bertz CT molecular complexity index is 945. The van der Waals surface area contributed by atoms with Gasteiger partial charge in [-0.25, -0.2) is 4.98 Å². The molecule has 2 aromatic carbocycles. The summed E-state index contributed by atoms with van der Waals surface area (Å²) in [4.78, 5) is 21.4. The predicted molar refractivity (Wildman–Crippen MR) is 124 cm³/mol. The van der Waals surface area contributed by atoms with Crippen LogP contribution in [0.5, 0.6) is 5.75 Å². The summed E-state index contributed by atoms with van der Waals surface area (Å²) >= 11 is 7.43. The highest BCUT2D eigenvalue weighted by molar-refractivity contribution is 7.22. The molecule has 0 radical (unpaired) electrons. The molecule has 5 nitrogen and oxygen atoms in total. The first-order valence-corrected chi connectivity index (χ1v) is 10.4. The highest BCUT2D eigenvalue weighted by atomic mass is 35.5. The van der Waals surface area contributed by atoms with Crippen LogP contribution in [0.15, 0.2) is 42.5 Å². The molecule has 3 aromatic rings. The summed E-state index contributed by atoms with van der Waals surface area (Å²) in [5.41, 5.74) is 2.18. The van der Waals surface area contributed by atoms with Crippen LogP contribution in [0.25, 0.3) is 10.2 Å². The van der Waals surface area contributed by atoms with Gasteiger partial charge in [0.05, 0.1) is 10.2 Å². The normalized spacial score (nSPS) is 10.8. The minimum atomic E-state index is -0.119. The van der Waals surface area contributed by atoms with E-state index in [9.17, 15) is 4.79 Å². The SMILES string of the molecule is CCc1ccc2nc(N(CCN(C)C)C(=O)COc3ccc(Cl)cc3)sc2c1.Cl. The van der Waals surface area contributed by atoms with Gasteiger partial charge in [-0.1, -0.05) is 35.9 Å². The van der Waals surface area contributed by atoms with Crippen molar-refractivity contribution >= 4 is 56.6 Å². The highest BCUT2D eigenvalue weighted by Gasteiger charge is 2.20. The van der Waals surface area contributed by atoms with Crippen molar-refractivity contribution in [3.8, 4) is 5.75 Å². The zero-order valence-electron chi connectivity index (χ0n) is 16.7. The number of hydrogen-bond donors (Lipinski definition) is 0. The Kier molecular flexibility index (Phi) is 8.71. The van der Waals surface area contributed by atoms with Gasteiger partial charge in [-0.15, -0.1) is 12.4 Å². The molecule has 3 rings (SSSR count). The van der Waals surface area contributed by atoms with Gasteiger partial charge in [-0.3, -0.25) is 9.69 Å². The van der Waals surface area contributed by atoms with E-state index in [1.165, 1.54) is 5.56 Å². The van der Waals surface area contributed by atoms with Crippen LogP contribution in [0.3, 0.4) is 0 Å². The number of rotatable bonds is 8. The lowest BCUT2D eigenvalue weighted by Gasteiger charge is -2.22. The molecule has 1 heterocycles. The highest BCUT2D eigenvalue weighted by Crippen LogP contribution is 2.30. The predicted octanol–water partition coefficient (Wildman–Crippen LogP) is 4.91. The number of amides is 1. The number of carbonyl (C=O) groups excluding carboxylic acids is 1. The zero-order valence-corrected chi connectivity index (χ0v) is 19.1. The number of ether oxygens (including phenoxy) is 1. The maximum absolute atomic E-state index is 12.9. The second-order valence-electron chi connectivity index (χ2n) is 6.74. The number of nitrogens with zero attached hydrogens (tertiary/aromatic N) is 3. The standard InChI is InChI=1S/C21H24ClN3O2S.ClH/c1-4-15-5-10-18-19(13-15)28-21(23-18)25(12-11-24(2)3)20(26)14-27-17-8-6-16(22)7-9-17;/h5-10,13H,4,11-12,14H2,1-3H3;1H. The number of aryl methyl sites for hydroxylation is 1. The van der Waals surface area contributed by atoms with Crippen LogP contribution in [-0.4, -0.2) is 49.6 Å². The molecule has 8 heteroatoms. The zero-order chi connectivity index (χ0) is 20.1. The summed E-state index contributed by atoms with van der Waals surface area (Å²) < 4.78 is 6.75. The molecule has 0 fully saturated rings. The quantitative estimate of drug-likeness (QED) is 0.486. The Morgan fingerprint density at radius 1 is 1.14 bits per heavy atom. The molecule has 29 heavy (non-hydrogen) atoms. The van der Waals surface area contributed by atoms with Crippen molar-refractivity contribution in [2.45, 2.75) is 13.3 Å². The molecule has 0 spiro atoms. The maximum atomic E-state index is 12.9. The summed E-state index contributed by atoms with van der Waals surface area (Å²) in [5.74, 6) is 0.494. The fraction of sp³-hybridized carbons (Fsp3) is 0.333. The first kappa shape index (κ1) is 23.4. The smallest absolute Gasteiger partial charge is 0.266 e. The molecule has 0 aliphatic rings. The Morgan fingerprint density at radius 3 is 2.52 bits per heavy atom. The van der Waals surface area contributed by atoms with Crippen LogP contribution in [-0.2, 0) is 11.2 Å². The summed E-state index contributed by atoms with van der Waals surface area (Å²) in [5, 5.41) is 1.34. The number of anilines is 1. The van der Waals surface area contributed by atoms with E-state index in [0.717, 1.165) is 23.2 Å². The molecule has 0 bridgehead atoms. The van der Waals surface area contributed by atoms with E-state index in [2.05, 4.69) is 24.0 Å². The third-order valence-corrected chi connectivity index (χ3v) is 5.62. The lowest BCUT2D eigenvalue weighted by atomic mass is 10.2. The Morgan fingerprint density at radius 2 is 1.86 bits per heavy atom. The number of benzene rings is 2. The number of carbonyl (C=O) groups is 1. The lowest BCUT2D eigenvalue weighted by Crippen LogP contribution is -2.39. The minimum absolute atomic E-state index is 0. The Labute approximate surface area is 186 Å². The maximum Gasteiger partial charge on any atom is 0.266 e. The van der Waals surface area contributed by atoms with Gasteiger partial charge in [0.2, 0.25) is 0 Å². The number of fused-ring (bicyclic) bond motifs is 1. The average molecular weight is 454 g/mol. The largest absolute Gasteiger partial charge is 0.484 e. The van der Waals surface area contributed by atoms with Crippen molar-refractivity contribution in [3.05, 3.63) is 53.1 Å². The minimum Gasteiger partial charge on any atom is -0.484 e. The summed E-state index contributed by atoms with van der Waals surface area (Å²) in [7, 11) is 3.97. The molecule has 156 valence electrons. The topological polar surface area (TPSA) is 45.7 Å². The fourth-order valence-corrected chi connectivity index (χ4v) is 3.87. The summed E-state index contributed by atoms with van der Waals surface area (Å²) in [6.07, 6.45) is 0.974. The second kappa shape index (κ2) is 10.8. The first-order valence-electron chi connectivity index (χ1n) is 9.19. The number of aromatic nitrogens is 1. The molecule has 0 saturated carbocycles. The third kappa shape index (κ3) is 6.31. The van der Waals surface area contributed by atoms with E-state index in [0.29, 0.717) is 22.4 Å². The van der Waals surface area contributed by atoms with Gasteiger partial charge >= 0.3 is 0 Å². The van der Waals surface area contributed by atoms with Crippen molar-refractivity contribution in [1.82, 2.24) is 9.88 Å².